The van der Waals surface area contributed by atoms with Crippen LogP contribution in [0.3, 0.4) is 0 Å². The number of benzene rings is 1. The molecule has 0 spiro atoms. The van der Waals surface area contributed by atoms with Gasteiger partial charge in [0.15, 0.2) is 0 Å². The molecule has 2 fully saturated rings. The van der Waals surface area contributed by atoms with E-state index in [9.17, 15) is 13.2 Å². The van der Waals surface area contributed by atoms with E-state index in [1.165, 1.54) is 5.56 Å². The first-order chi connectivity index (χ1) is 12.4. The molecule has 0 aromatic heterocycles. The van der Waals surface area contributed by atoms with Crippen molar-refractivity contribution in [1.82, 2.24) is 4.90 Å². The van der Waals surface area contributed by atoms with Crippen LogP contribution in [-0.2, 0) is 21.1 Å². The molecule has 6 heteroatoms. The number of nitrogens with two attached hydrogens (primary N) is 1. The van der Waals surface area contributed by atoms with E-state index in [2.05, 4.69) is 12.1 Å². The lowest BCUT2D eigenvalue weighted by molar-refractivity contribution is -0.134. The van der Waals surface area contributed by atoms with Gasteiger partial charge in [0, 0.05) is 30.3 Å². The molecular formula is C20H30N2O3S. The van der Waals surface area contributed by atoms with Gasteiger partial charge in [0.05, 0.1) is 5.75 Å². The third kappa shape index (κ3) is 4.46. The Hall–Kier alpha value is -1.40. The third-order valence-electron chi connectivity index (χ3n) is 5.97. The molecular weight excluding hydrogens is 348 g/mol. The minimum Gasteiger partial charge on any atom is -0.339 e. The average molecular weight is 379 g/mol. The van der Waals surface area contributed by atoms with Crippen molar-refractivity contribution in [1.29, 1.82) is 0 Å². The van der Waals surface area contributed by atoms with Gasteiger partial charge < -0.3 is 10.6 Å². The predicted molar refractivity (Wildman–Crippen MR) is 103 cm³/mol. The van der Waals surface area contributed by atoms with Gasteiger partial charge in [0.2, 0.25) is 5.91 Å². The Kier molecular flexibility index (Phi) is 6.03. The van der Waals surface area contributed by atoms with Crippen molar-refractivity contribution in [3.05, 3.63) is 35.9 Å². The fraction of sp³-hybridized carbons (Fsp3) is 0.650. The number of rotatable bonds is 6. The summed E-state index contributed by atoms with van der Waals surface area (Å²) in [6.07, 6.45) is 3.98. The quantitative estimate of drug-likeness (QED) is 0.821. The zero-order valence-corrected chi connectivity index (χ0v) is 16.3. The summed E-state index contributed by atoms with van der Waals surface area (Å²) in [5, 5.41) is 0. The summed E-state index contributed by atoms with van der Waals surface area (Å²) in [7, 11) is -3.08. The molecule has 26 heavy (non-hydrogen) atoms. The molecule has 144 valence electrons. The van der Waals surface area contributed by atoms with Crippen molar-refractivity contribution in [3.8, 4) is 0 Å². The summed E-state index contributed by atoms with van der Waals surface area (Å²) in [4.78, 5) is 15.0. The van der Waals surface area contributed by atoms with Crippen molar-refractivity contribution in [2.24, 2.45) is 17.6 Å². The molecule has 1 aliphatic carbocycles. The van der Waals surface area contributed by atoms with Gasteiger partial charge >= 0.3 is 0 Å². The van der Waals surface area contributed by atoms with Gasteiger partial charge in [-0.1, -0.05) is 37.3 Å². The van der Waals surface area contributed by atoms with Gasteiger partial charge in [-0.15, -0.1) is 0 Å². The topological polar surface area (TPSA) is 80.5 Å². The molecule has 2 N–H and O–H groups in total. The third-order valence-corrected chi connectivity index (χ3v) is 7.78. The van der Waals surface area contributed by atoms with E-state index in [-0.39, 0.29) is 41.3 Å². The Morgan fingerprint density at radius 1 is 1.15 bits per heavy atom. The number of carbonyl (C=O) groups excluding carboxylic acids is 1. The van der Waals surface area contributed by atoms with Crippen LogP contribution in [0.2, 0.25) is 0 Å². The molecule has 1 amide bonds. The maximum Gasteiger partial charge on any atom is 0.226 e. The molecule has 0 unspecified atom stereocenters. The Morgan fingerprint density at radius 3 is 2.58 bits per heavy atom. The Morgan fingerprint density at radius 2 is 1.88 bits per heavy atom. The van der Waals surface area contributed by atoms with Crippen molar-refractivity contribution in [3.63, 3.8) is 0 Å². The summed E-state index contributed by atoms with van der Waals surface area (Å²) in [6, 6.07) is 10.2. The standard InChI is InChI=1S/C20H30N2O3S/c1-2-26(24,25)14-17-13-18(21)8-9-19(17)22-11-10-16(20(22)23)12-15-6-4-3-5-7-15/h3-7,16-19H,2,8-14,21H2,1H3/t16-,17+,18-,19+/m1/s1. The number of carbonyl (C=O) groups is 1. The zero-order valence-electron chi connectivity index (χ0n) is 15.5. The molecule has 1 saturated carbocycles. The van der Waals surface area contributed by atoms with Crippen molar-refractivity contribution in [2.45, 2.75) is 51.1 Å². The van der Waals surface area contributed by atoms with Gasteiger partial charge in [0.25, 0.3) is 0 Å². The number of amides is 1. The predicted octanol–water partition coefficient (Wildman–Crippen LogP) is 2.01. The van der Waals surface area contributed by atoms with Crippen LogP contribution in [0.25, 0.3) is 0 Å². The fourth-order valence-corrected chi connectivity index (χ4v) is 5.74. The van der Waals surface area contributed by atoms with Crippen LogP contribution >= 0.6 is 0 Å². The molecule has 0 radical (unpaired) electrons. The first-order valence-corrected chi connectivity index (χ1v) is 11.5. The molecule has 5 nitrogen and oxygen atoms in total. The highest BCUT2D eigenvalue weighted by atomic mass is 32.2. The Balaban J connectivity index is 1.71. The highest BCUT2D eigenvalue weighted by Gasteiger charge is 2.42. The highest BCUT2D eigenvalue weighted by molar-refractivity contribution is 7.91. The van der Waals surface area contributed by atoms with Crippen molar-refractivity contribution in [2.75, 3.05) is 18.1 Å². The Bertz CT molecular complexity index is 720. The van der Waals surface area contributed by atoms with Gasteiger partial charge in [-0.2, -0.15) is 0 Å². The Labute approximate surface area is 156 Å². The fourth-order valence-electron chi connectivity index (χ4n) is 4.50. The van der Waals surface area contributed by atoms with Crippen LogP contribution in [0.15, 0.2) is 30.3 Å². The summed E-state index contributed by atoms with van der Waals surface area (Å²) in [5.41, 5.74) is 7.30. The first-order valence-electron chi connectivity index (χ1n) is 9.70. The van der Waals surface area contributed by atoms with Gasteiger partial charge in [-0.3, -0.25) is 4.79 Å². The van der Waals surface area contributed by atoms with E-state index in [0.29, 0.717) is 6.42 Å². The maximum absolute atomic E-state index is 13.0. The highest BCUT2D eigenvalue weighted by Crippen LogP contribution is 2.34. The average Bonchev–Trinajstić information content (AvgIpc) is 2.96. The molecule has 4 atom stereocenters. The van der Waals surface area contributed by atoms with Crippen LogP contribution in [0.4, 0.5) is 0 Å². The number of nitrogens with zero attached hydrogens (tertiary/aromatic N) is 1. The second kappa shape index (κ2) is 8.09. The lowest BCUT2D eigenvalue weighted by Gasteiger charge is -2.40. The number of hydrogen-bond acceptors (Lipinski definition) is 4. The summed E-state index contributed by atoms with van der Waals surface area (Å²) < 4.78 is 24.4. The van der Waals surface area contributed by atoms with Gasteiger partial charge in [-0.25, -0.2) is 8.42 Å². The first kappa shape index (κ1) is 19.4. The minimum atomic E-state index is -3.08. The molecule has 3 rings (SSSR count). The second-order valence-corrected chi connectivity index (χ2v) is 10.2. The second-order valence-electron chi connectivity index (χ2n) is 7.81. The molecule has 1 aromatic carbocycles. The van der Waals surface area contributed by atoms with Gasteiger partial charge in [-0.05, 0) is 43.6 Å². The molecule has 1 heterocycles. The molecule has 1 aromatic rings. The van der Waals surface area contributed by atoms with Crippen molar-refractivity contribution >= 4 is 15.7 Å². The van der Waals surface area contributed by atoms with Crippen LogP contribution in [0.5, 0.6) is 0 Å². The number of likely N-dealkylation sites (tertiary alicyclic amines) is 1. The number of sulfone groups is 1. The molecule has 1 aliphatic heterocycles. The summed E-state index contributed by atoms with van der Waals surface area (Å²) in [6.45, 7) is 2.42. The lowest BCUT2D eigenvalue weighted by Crippen LogP contribution is -2.50. The van der Waals surface area contributed by atoms with Crippen LogP contribution < -0.4 is 5.73 Å². The summed E-state index contributed by atoms with van der Waals surface area (Å²) in [5.74, 6) is 0.457. The smallest absolute Gasteiger partial charge is 0.226 e. The van der Waals surface area contributed by atoms with Crippen LogP contribution in [-0.4, -0.2) is 49.4 Å². The van der Waals surface area contributed by atoms with E-state index in [1.54, 1.807) is 6.92 Å². The summed E-state index contributed by atoms with van der Waals surface area (Å²) >= 11 is 0. The van der Waals surface area contributed by atoms with Gasteiger partial charge in [0.1, 0.15) is 9.84 Å². The molecule has 1 saturated heterocycles. The maximum atomic E-state index is 13.0. The van der Waals surface area contributed by atoms with E-state index in [4.69, 9.17) is 5.73 Å². The van der Waals surface area contributed by atoms with E-state index < -0.39 is 9.84 Å². The number of hydrogen-bond donors (Lipinski definition) is 1. The minimum absolute atomic E-state index is 0.0106. The zero-order chi connectivity index (χ0) is 18.7. The van der Waals surface area contributed by atoms with E-state index in [1.807, 2.05) is 23.1 Å². The van der Waals surface area contributed by atoms with E-state index >= 15 is 0 Å². The van der Waals surface area contributed by atoms with Crippen LogP contribution in [0, 0.1) is 11.8 Å². The lowest BCUT2D eigenvalue weighted by atomic mass is 9.82. The normalized spacial score (nSPS) is 29.9. The van der Waals surface area contributed by atoms with Crippen LogP contribution in [0.1, 0.15) is 38.2 Å². The molecule has 0 bridgehead atoms. The largest absolute Gasteiger partial charge is 0.339 e. The monoisotopic (exact) mass is 378 g/mol. The van der Waals surface area contributed by atoms with E-state index in [0.717, 1.165) is 32.2 Å². The molecule has 2 aliphatic rings. The SMILES string of the molecule is CCS(=O)(=O)C[C@@H]1C[C@H](N)CC[C@@H]1N1CC[C@H](Cc2ccccc2)C1=O. The van der Waals surface area contributed by atoms with Crippen molar-refractivity contribution < 1.29 is 13.2 Å².